The second-order valence-corrected chi connectivity index (χ2v) is 4.62. The Labute approximate surface area is 63.3 Å². The maximum absolute atomic E-state index is 2.46. The number of allylic oxidation sites excluding steroid dienone is 2. The average molecular weight is 136 g/mol. The van der Waals surface area contributed by atoms with Crippen LogP contribution in [0.25, 0.3) is 0 Å². The first-order valence-corrected chi connectivity index (χ1v) is 4.26. The quantitative estimate of drug-likeness (QED) is 0.449. The van der Waals surface area contributed by atoms with E-state index in [2.05, 4.69) is 26.8 Å². The molecule has 0 aliphatic heterocycles. The Bertz CT molecular complexity index is 198. The molecule has 2 bridgehead atoms. The van der Waals surface area contributed by atoms with E-state index in [-0.39, 0.29) is 0 Å². The van der Waals surface area contributed by atoms with Gasteiger partial charge in [-0.3, -0.25) is 0 Å². The Morgan fingerprint density at radius 3 is 2.10 bits per heavy atom. The van der Waals surface area contributed by atoms with E-state index in [4.69, 9.17) is 0 Å². The zero-order valence-electron chi connectivity index (χ0n) is 7.20. The minimum absolute atomic E-state index is 0.521. The molecule has 1 saturated carbocycles. The van der Waals surface area contributed by atoms with Gasteiger partial charge in [0.05, 0.1) is 0 Å². The van der Waals surface area contributed by atoms with E-state index in [0.29, 0.717) is 10.8 Å². The van der Waals surface area contributed by atoms with Crippen molar-refractivity contribution in [1.29, 1.82) is 0 Å². The van der Waals surface area contributed by atoms with Gasteiger partial charge in [0.25, 0.3) is 0 Å². The highest BCUT2D eigenvalue weighted by Crippen LogP contribution is 2.62. The van der Waals surface area contributed by atoms with Gasteiger partial charge in [0.1, 0.15) is 0 Å². The summed E-state index contributed by atoms with van der Waals surface area (Å²) in [5.74, 6) is 0. The van der Waals surface area contributed by atoms with Crippen molar-refractivity contribution in [2.75, 3.05) is 0 Å². The minimum atomic E-state index is 0.521. The summed E-state index contributed by atoms with van der Waals surface area (Å²) in [4.78, 5) is 0. The summed E-state index contributed by atoms with van der Waals surface area (Å²) in [5.41, 5.74) is 2.85. The fourth-order valence-corrected chi connectivity index (χ4v) is 2.49. The molecule has 2 rings (SSSR count). The molecule has 2 aliphatic rings. The van der Waals surface area contributed by atoms with Crippen LogP contribution in [0.3, 0.4) is 0 Å². The van der Waals surface area contributed by atoms with Crippen LogP contribution in [0.1, 0.15) is 40.0 Å². The Morgan fingerprint density at radius 1 is 1.30 bits per heavy atom. The van der Waals surface area contributed by atoms with Crippen molar-refractivity contribution < 1.29 is 0 Å². The molecular weight excluding hydrogens is 120 g/mol. The fourth-order valence-electron chi connectivity index (χ4n) is 2.49. The van der Waals surface area contributed by atoms with E-state index in [9.17, 15) is 0 Å². The predicted octanol–water partition coefficient (Wildman–Crippen LogP) is 3.14. The van der Waals surface area contributed by atoms with Crippen LogP contribution in [0, 0.1) is 10.8 Å². The molecular formula is C10H16. The zero-order valence-corrected chi connectivity index (χ0v) is 7.20. The Hall–Kier alpha value is -0.260. The largest absolute Gasteiger partial charge is 0.0842 e. The fraction of sp³-hybridized carbons (Fsp3) is 0.800. The van der Waals surface area contributed by atoms with Crippen molar-refractivity contribution in [2.24, 2.45) is 10.8 Å². The summed E-state index contributed by atoms with van der Waals surface area (Å²) in [5, 5.41) is 0. The van der Waals surface area contributed by atoms with Gasteiger partial charge < -0.3 is 0 Å². The van der Waals surface area contributed by atoms with E-state index in [1.807, 2.05) is 0 Å². The molecule has 10 heavy (non-hydrogen) atoms. The maximum Gasteiger partial charge on any atom is -0.00878 e. The maximum atomic E-state index is 2.46. The van der Waals surface area contributed by atoms with Crippen LogP contribution in [0.4, 0.5) is 0 Å². The lowest BCUT2D eigenvalue weighted by Crippen LogP contribution is -2.25. The molecule has 0 amide bonds. The summed E-state index contributed by atoms with van der Waals surface area (Å²) >= 11 is 0. The van der Waals surface area contributed by atoms with Gasteiger partial charge in [-0.05, 0) is 30.1 Å². The highest BCUT2D eigenvalue weighted by Gasteiger charge is 2.50. The van der Waals surface area contributed by atoms with Crippen LogP contribution < -0.4 is 0 Å². The summed E-state index contributed by atoms with van der Waals surface area (Å²) in [7, 11) is 0. The first kappa shape index (κ1) is 6.45. The summed E-state index contributed by atoms with van der Waals surface area (Å²) < 4.78 is 0. The molecule has 0 spiro atoms. The van der Waals surface area contributed by atoms with Gasteiger partial charge in [0.15, 0.2) is 0 Å². The van der Waals surface area contributed by atoms with E-state index in [1.165, 1.54) is 19.3 Å². The number of hydrogen-bond donors (Lipinski definition) is 0. The molecule has 1 fully saturated rings. The van der Waals surface area contributed by atoms with E-state index < -0.39 is 0 Å². The second kappa shape index (κ2) is 1.49. The molecule has 1 unspecified atom stereocenters. The highest BCUT2D eigenvalue weighted by molar-refractivity contribution is 5.29. The third-order valence-corrected chi connectivity index (χ3v) is 4.06. The average Bonchev–Trinajstić information content (AvgIpc) is 2.18. The monoisotopic (exact) mass is 136 g/mol. The van der Waals surface area contributed by atoms with Crippen LogP contribution in [-0.4, -0.2) is 0 Å². The van der Waals surface area contributed by atoms with Gasteiger partial charge in [-0.2, -0.15) is 0 Å². The molecule has 1 atom stereocenters. The molecule has 0 saturated heterocycles. The minimum Gasteiger partial charge on any atom is -0.0842 e. The Morgan fingerprint density at radius 2 is 2.00 bits per heavy atom. The first-order valence-electron chi connectivity index (χ1n) is 4.26. The molecule has 0 aromatic heterocycles. The van der Waals surface area contributed by atoms with Crippen molar-refractivity contribution >= 4 is 0 Å². The standard InChI is InChI=1S/C10H16/c1-9(2)8-4-6-10(9,3)7-5-8/h4H,5-7H2,1-3H3. The van der Waals surface area contributed by atoms with Gasteiger partial charge in [0.2, 0.25) is 0 Å². The number of rotatable bonds is 0. The van der Waals surface area contributed by atoms with Gasteiger partial charge in [-0.1, -0.05) is 32.4 Å². The second-order valence-electron chi connectivity index (χ2n) is 4.62. The van der Waals surface area contributed by atoms with Crippen LogP contribution in [0.2, 0.25) is 0 Å². The molecule has 0 N–H and O–H groups in total. The van der Waals surface area contributed by atoms with Crippen molar-refractivity contribution in [1.82, 2.24) is 0 Å². The molecule has 56 valence electrons. The first-order chi connectivity index (χ1) is 4.56. The van der Waals surface area contributed by atoms with Gasteiger partial charge >= 0.3 is 0 Å². The zero-order chi connectivity index (χ0) is 7.41. The molecule has 0 aromatic rings. The van der Waals surface area contributed by atoms with Gasteiger partial charge in [-0.25, -0.2) is 0 Å². The van der Waals surface area contributed by atoms with Crippen LogP contribution in [0.5, 0.6) is 0 Å². The predicted molar refractivity (Wildman–Crippen MR) is 43.8 cm³/mol. The lowest BCUT2D eigenvalue weighted by molar-refractivity contribution is 0.183. The molecule has 2 aliphatic carbocycles. The van der Waals surface area contributed by atoms with Crippen molar-refractivity contribution in [3.8, 4) is 0 Å². The lowest BCUT2D eigenvalue weighted by atomic mass is 9.71. The lowest BCUT2D eigenvalue weighted by Gasteiger charge is -2.33. The number of hydrogen-bond acceptors (Lipinski definition) is 0. The molecule has 0 nitrogen and oxygen atoms in total. The third kappa shape index (κ3) is 0.492. The van der Waals surface area contributed by atoms with E-state index in [1.54, 1.807) is 5.57 Å². The number of fused-ring (bicyclic) bond motifs is 2. The van der Waals surface area contributed by atoms with E-state index in [0.717, 1.165) is 0 Å². The molecule has 0 radical (unpaired) electrons. The Kier molecular flexibility index (Phi) is 0.962. The van der Waals surface area contributed by atoms with Crippen LogP contribution in [-0.2, 0) is 0 Å². The van der Waals surface area contributed by atoms with Crippen molar-refractivity contribution in [3.63, 3.8) is 0 Å². The topological polar surface area (TPSA) is 0 Å². The highest BCUT2D eigenvalue weighted by atomic mass is 14.5. The normalized spacial score (nSPS) is 42.1. The van der Waals surface area contributed by atoms with Gasteiger partial charge in [0, 0.05) is 0 Å². The smallest absolute Gasteiger partial charge is 0.00878 e. The van der Waals surface area contributed by atoms with Crippen LogP contribution in [0.15, 0.2) is 11.6 Å². The SMILES string of the molecule is CC12CC=C(CC1)C2(C)C. The summed E-state index contributed by atoms with van der Waals surface area (Å²) in [6.45, 7) is 7.24. The van der Waals surface area contributed by atoms with Crippen LogP contribution >= 0.6 is 0 Å². The Balaban J connectivity index is 2.47. The molecule has 0 heterocycles. The van der Waals surface area contributed by atoms with Gasteiger partial charge in [-0.15, -0.1) is 0 Å². The van der Waals surface area contributed by atoms with E-state index >= 15 is 0 Å². The van der Waals surface area contributed by atoms with Crippen molar-refractivity contribution in [3.05, 3.63) is 11.6 Å². The summed E-state index contributed by atoms with van der Waals surface area (Å²) in [6, 6.07) is 0. The summed E-state index contributed by atoms with van der Waals surface area (Å²) in [6.07, 6.45) is 6.58. The molecule has 0 aromatic carbocycles. The molecule has 0 heteroatoms. The third-order valence-electron chi connectivity index (χ3n) is 4.06. The van der Waals surface area contributed by atoms with Crippen molar-refractivity contribution in [2.45, 2.75) is 40.0 Å².